The molecule has 26 heavy (non-hydrogen) atoms. The number of benzene rings is 2. The van der Waals surface area contributed by atoms with Crippen LogP contribution in [0.3, 0.4) is 0 Å². The number of rotatable bonds is 7. The lowest BCUT2D eigenvalue weighted by Gasteiger charge is -2.18. The van der Waals surface area contributed by atoms with Gasteiger partial charge in [0.25, 0.3) is 0 Å². The Bertz CT molecular complexity index is 980. The second-order valence-corrected chi connectivity index (χ2v) is 6.20. The van der Waals surface area contributed by atoms with E-state index in [4.69, 9.17) is 4.74 Å². The first-order valence-corrected chi connectivity index (χ1v) is 8.86. The summed E-state index contributed by atoms with van der Waals surface area (Å²) in [6.07, 6.45) is 0. The molecule has 0 radical (unpaired) electrons. The number of aromatic amines is 1. The Morgan fingerprint density at radius 1 is 1.12 bits per heavy atom. The summed E-state index contributed by atoms with van der Waals surface area (Å²) >= 11 is 0. The van der Waals surface area contributed by atoms with Gasteiger partial charge in [-0.3, -0.25) is 4.79 Å². The molecule has 0 fully saturated rings. The van der Waals surface area contributed by atoms with Crippen molar-refractivity contribution >= 4 is 27.5 Å². The predicted octanol–water partition coefficient (Wildman–Crippen LogP) is 3.58. The molecule has 2 N–H and O–H groups in total. The highest BCUT2D eigenvalue weighted by atomic mass is 19.1. The Kier molecular flexibility index (Phi) is 5.42. The van der Waals surface area contributed by atoms with Gasteiger partial charge in [0, 0.05) is 35.6 Å². The van der Waals surface area contributed by atoms with E-state index in [1.807, 2.05) is 12.1 Å². The number of halogens is 1. The molecule has 0 amide bonds. The summed E-state index contributed by atoms with van der Waals surface area (Å²) in [7, 11) is 1.40. The van der Waals surface area contributed by atoms with E-state index < -0.39 is 5.82 Å². The second kappa shape index (κ2) is 7.74. The number of nitrogens with zero attached hydrogens (tertiary/aromatic N) is 1. The zero-order chi connectivity index (χ0) is 18.7. The molecule has 3 rings (SSSR count). The third kappa shape index (κ3) is 3.51. The number of aromatic nitrogens is 1. The number of hydrogen-bond acceptors (Lipinski definition) is 4. The Morgan fingerprint density at radius 2 is 1.85 bits per heavy atom. The number of anilines is 1. The Labute approximate surface area is 151 Å². The first-order valence-electron chi connectivity index (χ1n) is 8.86. The molecule has 6 heteroatoms. The van der Waals surface area contributed by atoms with Crippen LogP contribution in [0, 0.1) is 5.82 Å². The number of fused-ring (bicyclic) bond motifs is 2. The largest absolute Gasteiger partial charge is 0.494 e. The molecule has 0 unspecified atom stereocenters. The normalized spacial score (nSPS) is 11.4. The topological polar surface area (TPSA) is 57.4 Å². The molecule has 0 aliphatic rings. The zero-order valence-electron chi connectivity index (χ0n) is 15.4. The van der Waals surface area contributed by atoms with Crippen molar-refractivity contribution in [2.45, 2.75) is 13.8 Å². The summed E-state index contributed by atoms with van der Waals surface area (Å²) in [4.78, 5) is 18.2. The number of nitrogens with one attached hydrogen (secondary N) is 2. The van der Waals surface area contributed by atoms with Gasteiger partial charge in [0.15, 0.2) is 17.0 Å². The van der Waals surface area contributed by atoms with Gasteiger partial charge in [-0.15, -0.1) is 0 Å². The standard InChI is InChI=1S/C20H24FN3O2/c1-4-24(5-2)9-8-22-13-6-7-14-17(10-13)23-18-12-19(26-3)16(21)11-15(18)20(14)25/h6-7,10-12,22H,4-5,8-9H2,1-3H3,(H,23,25). The van der Waals surface area contributed by atoms with Gasteiger partial charge in [0.1, 0.15) is 0 Å². The quantitative estimate of drug-likeness (QED) is 0.635. The lowest BCUT2D eigenvalue weighted by molar-refractivity contribution is 0.316. The van der Waals surface area contributed by atoms with Crippen LogP contribution in [-0.2, 0) is 0 Å². The van der Waals surface area contributed by atoms with E-state index in [0.717, 1.165) is 31.9 Å². The predicted molar refractivity (Wildman–Crippen MR) is 105 cm³/mol. The molecule has 1 aromatic heterocycles. The van der Waals surface area contributed by atoms with Crippen LogP contribution in [-0.4, -0.2) is 43.2 Å². The summed E-state index contributed by atoms with van der Waals surface area (Å²) < 4.78 is 18.9. The van der Waals surface area contributed by atoms with Crippen LogP contribution in [0.4, 0.5) is 10.1 Å². The summed E-state index contributed by atoms with van der Waals surface area (Å²) in [5.41, 5.74) is 2.02. The van der Waals surface area contributed by atoms with E-state index in [-0.39, 0.29) is 11.2 Å². The van der Waals surface area contributed by atoms with E-state index in [2.05, 4.69) is 29.0 Å². The molecule has 0 saturated carbocycles. The molecule has 5 nitrogen and oxygen atoms in total. The monoisotopic (exact) mass is 357 g/mol. The minimum atomic E-state index is -0.542. The minimum Gasteiger partial charge on any atom is -0.494 e. The SMILES string of the molecule is CCN(CC)CCNc1ccc2c(=O)c3cc(F)c(OC)cc3[nH]c2c1. The van der Waals surface area contributed by atoms with Crippen LogP contribution in [0.25, 0.3) is 21.8 Å². The fourth-order valence-corrected chi connectivity index (χ4v) is 3.15. The molecular formula is C20H24FN3O2. The van der Waals surface area contributed by atoms with E-state index in [1.165, 1.54) is 19.2 Å². The third-order valence-electron chi connectivity index (χ3n) is 4.72. The molecule has 0 atom stereocenters. The fourth-order valence-electron chi connectivity index (χ4n) is 3.15. The number of H-pyrrole nitrogens is 1. The van der Waals surface area contributed by atoms with Gasteiger partial charge in [-0.2, -0.15) is 0 Å². The van der Waals surface area contributed by atoms with E-state index in [9.17, 15) is 9.18 Å². The molecular weight excluding hydrogens is 333 g/mol. The number of likely N-dealkylation sites (N-methyl/N-ethyl adjacent to an activating group) is 1. The van der Waals surface area contributed by atoms with E-state index in [1.54, 1.807) is 6.07 Å². The Hall–Kier alpha value is -2.60. The number of methoxy groups -OCH3 is 1. The van der Waals surface area contributed by atoms with Crippen LogP contribution < -0.4 is 15.5 Å². The average Bonchev–Trinajstić information content (AvgIpc) is 2.65. The van der Waals surface area contributed by atoms with Crippen molar-refractivity contribution in [3.05, 3.63) is 46.4 Å². The Morgan fingerprint density at radius 3 is 2.54 bits per heavy atom. The number of hydrogen-bond donors (Lipinski definition) is 2. The van der Waals surface area contributed by atoms with Crippen molar-refractivity contribution in [2.75, 3.05) is 38.6 Å². The van der Waals surface area contributed by atoms with Gasteiger partial charge in [-0.1, -0.05) is 13.8 Å². The van der Waals surface area contributed by atoms with Crippen LogP contribution in [0.15, 0.2) is 35.1 Å². The first kappa shape index (κ1) is 18.2. The molecule has 3 aromatic rings. The molecule has 0 saturated heterocycles. The summed E-state index contributed by atoms with van der Waals surface area (Å²) in [6.45, 7) is 8.11. The smallest absolute Gasteiger partial charge is 0.197 e. The van der Waals surface area contributed by atoms with Crippen LogP contribution >= 0.6 is 0 Å². The maximum Gasteiger partial charge on any atom is 0.197 e. The van der Waals surface area contributed by atoms with Crippen LogP contribution in [0.2, 0.25) is 0 Å². The lowest BCUT2D eigenvalue weighted by Crippen LogP contribution is -2.28. The molecule has 0 spiro atoms. The third-order valence-corrected chi connectivity index (χ3v) is 4.72. The van der Waals surface area contributed by atoms with Gasteiger partial charge in [-0.25, -0.2) is 4.39 Å². The van der Waals surface area contributed by atoms with Crippen molar-refractivity contribution in [3.8, 4) is 5.75 Å². The van der Waals surface area contributed by atoms with Gasteiger partial charge in [0.05, 0.1) is 18.1 Å². The zero-order valence-corrected chi connectivity index (χ0v) is 15.4. The van der Waals surface area contributed by atoms with Crippen molar-refractivity contribution < 1.29 is 9.13 Å². The summed E-state index contributed by atoms with van der Waals surface area (Å²) in [6, 6.07) is 8.31. The van der Waals surface area contributed by atoms with E-state index in [0.29, 0.717) is 21.8 Å². The summed E-state index contributed by atoms with van der Waals surface area (Å²) in [5.74, 6) is -0.430. The first-order chi connectivity index (χ1) is 12.6. The highest BCUT2D eigenvalue weighted by Gasteiger charge is 2.11. The second-order valence-electron chi connectivity index (χ2n) is 6.20. The van der Waals surface area contributed by atoms with Crippen molar-refractivity contribution in [1.82, 2.24) is 9.88 Å². The number of ether oxygens (including phenoxy) is 1. The maximum absolute atomic E-state index is 13.9. The molecule has 138 valence electrons. The molecule has 0 bridgehead atoms. The fraction of sp³-hybridized carbons (Fsp3) is 0.350. The van der Waals surface area contributed by atoms with Gasteiger partial charge in [-0.05, 0) is 37.4 Å². The molecule has 1 heterocycles. The maximum atomic E-state index is 13.9. The van der Waals surface area contributed by atoms with Gasteiger partial charge in [0.2, 0.25) is 0 Å². The Balaban J connectivity index is 1.95. The van der Waals surface area contributed by atoms with Crippen molar-refractivity contribution in [3.63, 3.8) is 0 Å². The lowest BCUT2D eigenvalue weighted by atomic mass is 10.1. The molecule has 2 aromatic carbocycles. The average molecular weight is 357 g/mol. The van der Waals surface area contributed by atoms with Gasteiger partial charge >= 0.3 is 0 Å². The van der Waals surface area contributed by atoms with Crippen molar-refractivity contribution in [1.29, 1.82) is 0 Å². The highest BCUT2D eigenvalue weighted by molar-refractivity contribution is 5.94. The highest BCUT2D eigenvalue weighted by Crippen LogP contribution is 2.24. The van der Waals surface area contributed by atoms with E-state index >= 15 is 0 Å². The van der Waals surface area contributed by atoms with Crippen LogP contribution in [0.5, 0.6) is 5.75 Å². The molecule has 0 aliphatic heterocycles. The van der Waals surface area contributed by atoms with Gasteiger partial charge < -0.3 is 19.9 Å². The van der Waals surface area contributed by atoms with Crippen LogP contribution in [0.1, 0.15) is 13.8 Å². The minimum absolute atomic E-state index is 0.112. The molecule has 0 aliphatic carbocycles. The summed E-state index contributed by atoms with van der Waals surface area (Å²) in [5, 5.41) is 4.24. The number of pyridine rings is 1. The van der Waals surface area contributed by atoms with Crippen molar-refractivity contribution in [2.24, 2.45) is 0 Å².